The van der Waals surface area contributed by atoms with Crippen LogP contribution in [0.5, 0.6) is 0 Å². The first-order valence-electron chi connectivity index (χ1n) is 10.8. The van der Waals surface area contributed by atoms with Gasteiger partial charge in [0.05, 0.1) is 0 Å². The standard InChI is InChI=1S/C25H30N2O7S/c1-23(2,3)32-20(28)25(16-26,34-22(30)31-15-17-11-8-7-9-12-17)19(18-13-10-14-35-18)27-21(29)33-24(4,5)6/h7-14,19H,15H2,1-6H3,(H,27,29)/t19-,25+/m1/s1. The Bertz CT molecular complexity index is 1050. The van der Waals surface area contributed by atoms with E-state index in [0.29, 0.717) is 10.4 Å². The third-order valence-electron chi connectivity index (χ3n) is 4.21. The van der Waals surface area contributed by atoms with Gasteiger partial charge in [0.25, 0.3) is 0 Å². The monoisotopic (exact) mass is 502 g/mol. The maximum absolute atomic E-state index is 13.4. The highest BCUT2D eigenvalue weighted by Gasteiger charge is 2.56. The Hall–Kier alpha value is -3.58. The molecule has 0 bridgehead atoms. The van der Waals surface area contributed by atoms with Crippen LogP contribution in [-0.2, 0) is 30.3 Å². The lowest BCUT2D eigenvalue weighted by atomic mass is 9.93. The van der Waals surface area contributed by atoms with Gasteiger partial charge in [0, 0.05) is 4.88 Å². The van der Waals surface area contributed by atoms with Crippen LogP contribution in [0.25, 0.3) is 0 Å². The van der Waals surface area contributed by atoms with Crippen molar-refractivity contribution in [2.75, 3.05) is 0 Å². The van der Waals surface area contributed by atoms with E-state index in [1.807, 2.05) is 0 Å². The molecule has 35 heavy (non-hydrogen) atoms. The topological polar surface area (TPSA) is 124 Å². The molecule has 188 valence electrons. The second kappa shape index (κ2) is 11.2. The van der Waals surface area contributed by atoms with Crippen molar-refractivity contribution in [3.05, 3.63) is 58.3 Å². The zero-order valence-corrected chi connectivity index (χ0v) is 21.4. The Morgan fingerprint density at radius 2 is 1.57 bits per heavy atom. The molecule has 2 rings (SSSR count). The van der Waals surface area contributed by atoms with Crippen LogP contribution in [0.2, 0.25) is 0 Å². The molecule has 0 fully saturated rings. The number of carbonyl (C=O) groups is 3. The summed E-state index contributed by atoms with van der Waals surface area (Å²) in [7, 11) is 0. The van der Waals surface area contributed by atoms with E-state index in [4.69, 9.17) is 18.9 Å². The van der Waals surface area contributed by atoms with Gasteiger partial charge >= 0.3 is 23.8 Å². The maximum atomic E-state index is 13.4. The highest BCUT2D eigenvalue weighted by atomic mass is 32.1. The molecule has 1 N–H and O–H groups in total. The van der Waals surface area contributed by atoms with Gasteiger partial charge in [-0.25, -0.2) is 14.4 Å². The van der Waals surface area contributed by atoms with Crippen LogP contribution in [0, 0.1) is 11.3 Å². The van der Waals surface area contributed by atoms with Crippen molar-refractivity contribution >= 4 is 29.6 Å². The van der Waals surface area contributed by atoms with Crippen LogP contribution >= 0.6 is 11.3 Å². The van der Waals surface area contributed by atoms with Gasteiger partial charge in [0.1, 0.15) is 29.9 Å². The Kier molecular flexibility index (Phi) is 8.88. The van der Waals surface area contributed by atoms with Crippen molar-refractivity contribution in [1.82, 2.24) is 5.32 Å². The normalized spacial score (nSPS) is 14.0. The highest BCUT2D eigenvalue weighted by molar-refractivity contribution is 7.10. The number of thiophene rings is 1. The summed E-state index contributed by atoms with van der Waals surface area (Å²) in [4.78, 5) is 39.1. The number of hydrogen-bond donors (Lipinski definition) is 1. The molecule has 0 radical (unpaired) electrons. The molecule has 1 amide bonds. The lowest BCUT2D eigenvalue weighted by Crippen LogP contribution is -2.55. The van der Waals surface area contributed by atoms with Gasteiger partial charge in [0.2, 0.25) is 0 Å². The molecule has 0 aliphatic carbocycles. The van der Waals surface area contributed by atoms with Crippen LogP contribution in [0.4, 0.5) is 9.59 Å². The quantitative estimate of drug-likeness (QED) is 0.401. The Labute approximate surface area is 208 Å². The minimum atomic E-state index is -2.61. The van der Waals surface area contributed by atoms with Crippen molar-refractivity contribution in [2.24, 2.45) is 0 Å². The van der Waals surface area contributed by atoms with Gasteiger partial charge in [-0.3, -0.25) is 0 Å². The van der Waals surface area contributed by atoms with E-state index in [1.165, 1.54) is 0 Å². The van der Waals surface area contributed by atoms with E-state index in [2.05, 4.69) is 5.32 Å². The number of ether oxygens (including phenoxy) is 4. The molecule has 0 spiro atoms. The molecular weight excluding hydrogens is 472 g/mol. The molecule has 0 aliphatic rings. The summed E-state index contributed by atoms with van der Waals surface area (Å²) in [5.41, 5.74) is -3.82. The lowest BCUT2D eigenvalue weighted by Gasteiger charge is -2.34. The Morgan fingerprint density at radius 3 is 2.09 bits per heavy atom. The summed E-state index contributed by atoms with van der Waals surface area (Å²) < 4.78 is 21.3. The summed E-state index contributed by atoms with van der Waals surface area (Å²) in [6, 6.07) is 12.4. The van der Waals surface area contributed by atoms with E-state index < -0.39 is 41.1 Å². The summed E-state index contributed by atoms with van der Waals surface area (Å²) in [5.74, 6) is -1.17. The largest absolute Gasteiger partial charge is 0.510 e. The lowest BCUT2D eigenvalue weighted by molar-refractivity contribution is -0.176. The third-order valence-corrected chi connectivity index (χ3v) is 5.14. The fourth-order valence-electron chi connectivity index (χ4n) is 2.84. The molecule has 0 aliphatic heterocycles. The number of nitriles is 1. The summed E-state index contributed by atoms with van der Waals surface area (Å²) >= 11 is 1.14. The minimum Gasteiger partial charge on any atom is -0.456 e. The van der Waals surface area contributed by atoms with E-state index in [-0.39, 0.29) is 6.61 Å². The average Bonchev–Trinajstić information content (AvgIpc) is 3.27. The fraction of sp³-hybridized carbons (Fsp3) is 0.440. The molecule has 1 aromatic carbocycles. The third kappa shape index (κ3) is 8.30. The first-order chi connectivity index (χ1) is 16.3. The van der Waals surface area contributed by atoms with Crippen LogP contribution in [0.3, 0.4) is 0 Å². The smallest absolute Gasteiger partial charge is 0.456 e. The van der Waals surface area contributed by atoms with E-state index in [9.17, 15) is 19.6 Å². The average molecular weight is 503 g/mol. The summed E-state index contributed by atoms with van der Waals surface area (Å²) in [5, 5.41) is 14.4. The first kappa shape index (κ1) is 27.7. The predicted molar refractivity (Wildman–Crippen MR) is 128 cm³/mol. The predicted octanol–water partition coefficient (Wildman–Crippen LogP) is 5.27. The van der Waals surface area contributed by atoms with Gasteiger partial charge in [0.15, 0.2) is 0 Å². The molecule has 9 nitrogen and oxygen atoms in total. The number of nitrogens with one attached hydrogen (secondary N) is 1. The molecule has 1 heterocycles. The summed E-state index contributed by atoms with van der Waals surface area (Å²) in [6.45, 7) is 9.63. The number of hydrogen-bond acceptors (Lipinski definition) is 9. The van der Waals surface area contributed by atoms with Crippen molar-refractivity contribution in [3.63, 3.8) is 0 Å². The maximum Gasteiger partial charge on any atom is 0.510 e. The number of carbonyl (C=O) groups excluding carboxylic acids is 3. The Morgan fingerprint density at radius 1 is 0.943 bits per heavy atom. The SMILES string of the molecule is CC(C)(C)OC(=O)N[C@H](c1cccs1)[C@](C#N)(OC(=O)OCc1ccccc1)C(=O)OC(C)(C)C. The number of rotatable bonds is 7. The van der Waals surface area contributed by atoms with Gasteiger partial charge in [-0.05, 0) is 58.6 Å². The molecule has 0 saturated carbocycles. The number of alkyl carbamates (subject to hydrolysis) is 1. The summed E-state index contributed by atoms with van der Waals surface area (Å²) in [6.07, 6.45) is -2.20. The zero-order chi connectivity index (χ0) is 26.3. The molecule has 1 aromatic heterocycles. The minimum absolute atomic E-state index is 0.154. The molecule has 0 unspecified atom stereocenters. The first-order valence-corrected chi connectivity index (χ1v) is 11.7. The van der Waals surface area contributed by atoms with Crippen LogP contribution in [0.1, 0.15) is 58.0 Å². The number of esters is 1. The van der Waals surface area contributed by atoms with Gasteiger partial charge in [-0.15, -0.1) is 11.3 Å². The highest BCUT2D eigenvalue weighted by Crippen LogP contribution is 2.35. The van der Waals surface area contributed by atoms with Crippen molar-refractivity contribution in [2.45, 2.75) is 71.0 Å². The van der Waals surface area contributed by atoms with Crippen molar-refractivity contribution < 1.29 is 33.3 Å². The fourth-order valence-corrected chi connectivity index (χ4v) is 3.67. The molecule has 0 saturated heterocycles. The van der Waals surface area contributed by atoms with Crippen molar-refractivity contribution in [1.29, 1.82) is 5.26 Å². The number of amides is 1. The molecular formula is C25H30N2O7S. The molecule has 2 aromatic rings. The Balaban J connectivity index is 2.45. The van der Waals surface area contributed by atoms with Crippen molar-refractivity contribution in [3.8, 4) is 6.07 Å². The van der Waals surface area contributed by atoms with Gasteiger partial charge < -0.3 is 24.3 Å². The van der Waals surface area contributed by atoms with E-state index in [0.717, 1.165) is 11.3 Å². The second-order valence-corrected chi connectivity index (χ2v) is 10.5. The second-order valence-electron chi connectivity index (χ2n) is 9.57. The molecule has 10 heteroatoms. The van der Waals surface area contributed by atoms with Gasteiger partial charge in [-0.1, -0.05) is 36.4 Å². The molecule has 2 atom stereocenters. The van der Waals surface area contributed by atoms with Crippen LogP contribution in [0.15, 0.2) is 47.8 Å². The van der Waals surface area contributed by atoms with Crippen LogP contribution < -0.4 is 5.32 Å². The van der Waals surface area contributed by atoms with Gasteiger partial charge in [-0.2, -0.15) is 5.26 Å². The number of benzene rings is 1. The number of nitrogens with zero attached hydrogens (tertiary/aromatic N) is 1. The van der Waals surface area contributed by atoms with E-state index >= 15 is 0 Å². The van der Waals surface area contributed by atoms with E-state index in [1.54, 1.807) is 95.5 Å². The van der Waals surface area contributed by atoms with Crippen LogP contribution in [-0.4, -0.2) is 35.0 Å². The zero-order valence-electron chi connectivity index (χ0n) is 20.6.